The van der Waals surface area contributed by atoms with Crippen molar-refractivity contribution >= 4 is 27.3 Å². The maximum absolute atomic E-state index is 12.5. The summed E-state index contributed by atoms with van der Waals surface area (Å²) >= 11 is 5.88. The van der Waals surface area contributed by atoms with Crippen LogP contribution in [-0.4, -0.2) is 36.8 Å². The zero-order chi connectivity index (χ0) is 14.9. The molecule has 1 aromatic carbocycles. The van der Waals surface area contributed by atoms with Gasteiger partial charge in [0, 0.05) is 31.3 Å². The predicted octanol–water partition coefficient (Wildman–Crippen LogP) is 1.36. The average molecular weight is 320 g/mol. The number of piperidine rings is 1. The molecule has 1 unspecified atom stereocenters. The molecule has 1 fully saturated rings. The van der Waals surface area contributed by atoms with Gasteiger partial charge in [-0.3, -0.25) is 10.1 Å². The van der Waals surface area contributed by atoms with Gasteiger partial charge in [0.05, 0.1) is 9.95 Å². The third-order valence-corrected chi connectivity index (χ3v) is 5.51. The maximum Gasteiger partial charge on any atom is 0.270 e. The highest BCUT2D eigenvalue weighted by atomic mass is 35.5. The molecule has 1 aromatic rings. The number of rotatable bonds is 3. The Balaban J connectivity index is 2.43. The summed E-state index contributed by atoms with van der Waals surface area (Å²) in [4.78, 5) is 9.85. The summed E-state index contributed by atoms with van der Waals surface area (Å²) in [5.41, 5.74) is 5.46. The lowest BCUT2D eigenvalue weighted by molar-refractivity contribution is -0.385. The molecule has 0 radical (unpaired) electrons. The Bertz CT molecular complexity index is 635. The first-order valence-electron chi connectivity index (χ1n) is 6.02. The molecule has 0 aromatic heterocycles. The molecule has 1 atom stereocenters. The number of hydrogen-bond donors (Lipinski definition) is 1. The van der Waals surface area contributed by atoms with Gasteiger partial charge >= 0.3 is 0 Å². The summed E-state index contributed by atoms with van der Waals surface area (Å²) in [7, 11) is -3.86. The van der Waals surface area contributed by atoms with Gasteiger partial charge in [0.15, 0.2) is 0 Å². The Morgan fingerprint density at radius 2 is 2.15 bits per heavy atom. The van der Waals surface area contributed by atoms with Gasteiger partial charge in [0.1, 0.15) is 4.90 Å². The summed E-state index contributed by atoms with van der Waals surface area (Å²) in [6.07, 6.45) is 1.42. The minimum Gasteiger partial charge on any atom is -0.327 e. The maximum atomic E-state index is 12.5. The quantitative estimate of drug-likeness (QED) is 0.668. The summed E-state index contributed by atoms with van der Waals surface area (Å²) < 4.78 is 26.2. The van der Waals surface area contributed by atoms with Crippen molar-refractivity contribution in [3.05, 3.63) is 33.3 Å². The van der Waals surface area contributed by atoms with E-state index in [4.69, 9.17) is 17.3 Å². The summed E-state index contributed by atoms with van der Waals surface area (Å²) in [5, 5.41) is 10.7. The third-order valence-electron chi connectivity index (χ3n) is 3.16. The van der Waals surface area contributed by atoms with Gasteiger partial charge in [-0.25, -0.2) is 8.42 Å². The van der Waals surface area contributed by atoms with Crippen molar-refractivity contribution < 1.29 is 13.3 Å². The number of non-ortho nitro benzene ring substituents is 1. The van der Waals surface area contributed by atoms with Gasteiger partial charge in [-0.05, 0) is 18.9 Å². The van der Waals surface area contributed by atoms with Crippen LogP contribution in [0.4, 0.5) is 5.69 Å². The minimum atomic E-state index is -3.86. The second-order valence-electron chi connectivity index (χ2n) is 4.64. The third kappa shape index (κ3) is 2.93. The fourth-order valence-corrected chi connectivity index (χ4v) is 4.16. The number of nitrogens with zero attached hydrogens (tertiary/aromatic N) is 2. The van der Waals surface area contributed by atoms with Crippen LogP contribution in [-0.2, 0) is 10.0 Å². The molecule has 1 aliphatic heterocycles. The normalized spacial score (nSPS) is 20.8. The van der Waals surface area contributed by atoms with Crippen LogP contribution in [0.3, 0.4) is 0 Å². The molecular formula is C11H14ClN3O4S. The van der Waals surface area contributed by atoms with E-state index in [1.807, 2.05) is 0 Å². The van der Waals surface area contributed by atoms with Gasteiger partial charge in [-0.1, -0.05) is 11.6 Å². The van der Waals surface area contributed by atoms with Crippen LogP contribution < -0.4 is 5.73 Å². The van der Waals surface area contributed by atoms with Gasteiger partial charge in [-0.15, -0.1) is 0 Å². The van der Waals surface area contributed by atoms with Crippen LogP contribution in [0.1, 0.15) is 12.8 Å². The molecule has 2 rings (SSSR count). The number of hydrogen-bond acceptors (Lipinski definition) is 5. The smallest absolute Gasteiger partial charge is 0.270 e. The summed E-state index contributed by atoms with van der Waals surface area (Å²) in [6.45, 7) is 0.538. The Kier molecular flexibility index (Phi) is 4.28. The van der Waals surface area contributed by atoms with Crippen molar-refractivity contribution in [2.75, 3.05) is 13.1 Å². The Hall–Kier alpha value is -1.22. The highest BCUT2D eigenvalue weighted by Gasteiger charge is 2.31. The number of sulfonamides is 1. The lowest BCUT2D eigenvalue weighted by Crippen LogP contribution is -2.45. The largest absolute Gasteiger partial charge is 0.327 e. The van der Waals surface area contributed by atoms with Gasteiger partial charge in [0.25, 0.3) is 5.69 Å². The van der Waals surface area contributed by atoms with Crippen LogP contribution in [0.25, 0.3) is 0 Å². The van der Waals surface area contributed by atoms with Crippen LogP contribution in [0.15, 0.2) is 23.1 Å². The fourth-order valence-electron chi connectivity index (χ4n) is 2.13. The molecular weight excluding hydrogens is 306 g/mol. The number of nitrogens with two attached hydrogens (primary N) is 1. The van der Waals surface area contributed by atoms with E-state index >= 15 is 0 Å². The Morgan fingerprint density at radius 1 is 1.45 bits per heavy atom. The highest BCUT2D eigenvalue weighted by Crippen LogP contribution is 2.29. The first-order valence-corrected chi connectivity index (χ1v) is 7.84. The average Bonchev–Trinajstić information content (AvgIpc) is 2.38. The van der Waals surface area contributed by atoms with E-state index < -0.39 is 14.9 Å². The lowest BCUT2D eigenvalue weighted by Gasteiger charge is -2.30. The molecule has 110 valence electrons. The van der Waals surface area contributed by atoms with Crippen molar-refractivity contribution in [3.63, 3.8) is 0 Å². The molecule has 7 nitrogen and oxygen atoms in total. The molecule has 0 amide bonds. The van der Waals surface area contributed by atoms with E-state index in [1.165, 1.54) is 16.4 Å². The van der Waals surface area contributed by atoms with Crippen LogP contribution >= 0.6 is 11.6 Å². The van der Waals surface area contributed by atoms with Gasteiger partial charge in [0.2, 0.25) is 10.0 Å². The summed E-state index contributed by atoms with van der Waals surface area (Å²) in [6, 6.07) is 3.15. The molecule has 0 aliphatic carbocycles. The molecule has 1 saturated heterocycles. The van der Waals surface area contributed by atoms with E-state index in [0.717, 1.165) is 12.5 Å². The van der Waals surface area contributed by atoms with Crippen LogP contribution in [0, 0.1) is 10.1 Å². The second kappa shape index (κ2) is 5.65. The first kappa shape index (κ1) is 15.2. The summed E-state index contributed by atoms with van der Waals surface area (Å²) in [5.74, 6) is 0. The standard InChI is InChI=1S/C11H14ClN3O4S/c12-10-4-3-9(15(16)17)6-11(10)20(18,19)14-5-1-2-8(13)7-14/h3-4,6,8H,1-2,5,7,13H2. The molecule has 9 heteroatoms. The lowest BCUT2D eigenvalue weighted by atomic mass is 10.1. The van der Waals surface area contributed by atoms with E-state index in [1.54, 1.807) is 0 Å². The number of halogens is 1. The molecule has 2 N–H and O–H groups in total. The molecule has 20 heavy (non-hydrogen) atoms. The molecule has 0 bridgehead atoms. The van der Waals surface area contributed by atoms with Crippen LogP contribution in [0.5, 0.6) is 0 Å². The highest BCUT2D eigenvalue weighted by molar-refractivity contribution is 7.89. The van der Waals surface area contributed by atoms with E-state index in [0.29, 0.717) is 13.0 Å². The van der Waals surface area contributed by atoms with Crippen LogP contribution in [0.2, 0.25) is 5.02 Å². The number of benzene rings is 1. The first-order chi connectivity index (χ1) is 9.32. The van der Waals surface area contributed by atoms with Crippen molar-refractivity contribution in [2.45, 2.75) is 23.8 Å². The van der Waals surface area contributed by atoms with Crippen molar-refractivity contribution in [1.29, 1.82) is 0 Å². The fraction of sp³-hybridized carbons (Fsp3) is 0.455. The Morgan fingerprint density at radius 3 is 2.75 bits per heavy atom. The monoisotopic (exact) mass is 319 g/mol. The zero-order valence-corrected chi connectivity index (χ0v) is 12.1. The van der Waals surface area contributed by atoms with E-state index in [9.17, 15) is 18.5 Å². The van der Waals surface area contributed by atoms with E-state index in [2.05, 4.69) is 0 Å². The van der Waals surface area contributed by atoms with Crippen molar-refractivity contribution in [2.24, 2.45) is 5.73 Å². The van der Waals surface area contributed by atoms with Crippen molar-refractivity contribution in [3.8, 4) is 0 Å². The number of nitro benzene ring substituents is 1. The second-order valence-corrected chi connectivity index (χ2v) is 6.95. The minimum absolute atomic E-state index is 0.0326. The van der Waals surface area contributed by atoms with Crippen molar-refractivity contribution in [1.82, 2.24) is 4.31 Å². The van der Waals surface area contributed by atoms with Gasteiger partial charge < -0.3 is 5.73 Å². The molecule has 1 aliphatic rings. The SMILES string of the molecule is NC1CCCN(S(=O)(=O)c2cc([N+](=O)[O-])ccc2Cl)C1. The van der Waals surface area contributed by atoms with Gasteiger partial charge in [-0.2, -0.15) is 4.31 Å². The zero-order valence-electron chi connectivity index (χ0n) is 10.5. The molecule has 0 saturated carbocycles. The molecule has 0 spiro atoms. The Labute approximate surface area is 121 Å². The topological polar surface area (TPSA) is 107 Å². The predicted molar refractivity (Wildman–Crippen MR) is 74.1 cm³/mol. The molecule has 1 heterocycles. The number of nitro groups is 1. The van der Waals surface area contributed by atoms with E-state index in [-0.39, 0.29) is 28.2 Å².